The quantitative estimate of drug-likeness (QED) is 0.240. The Morgan fingerprint density at radius 3 is 1.57 bits per heavy atom. The van der Waals surface area contributed by atoms with Crippen molar-refractivity contribution in [2.45, 2.75) is 38.4 Å². The summed E-state index contributed by atoms with van der Waals surface area (Å²) in [6.07, 6.45) is -3.70. The molecule has 0 heterocycles. The summed E-state index contributed by atoms with van der Waals surface area (Å²) in [6.45, 7) is 5.56. The van der Waals surface area contributed by atoms with E-state index in [1.807, 2.05) is 12.1 Å². The molecule has 0 aromatic heterocycles. The highest BCUT2D eigenvalue weighted by atomic mass is 16.6. The van der Waals surface area contributed by atoms with Gasteiger partial charge < -0.3 is 29.7 Å². The SMILES string of the molecule is CC[C@@H](c1cccc(O)c1)[C@@H](C)CN(C)C.O=C(OC(=O)C(O)C(O)C(=O)OC(=O)c1ccccc1)c1ccccc1. The molecule has 0 fully saturated rings. The summed E-state index contributed by atoms with van der Waals surface area (Å²) in [5, 5.41) is 28.8. The molecule has 4 atom stereocenters. The number of hydrogen-bond donors (Lipinski definition) is 3. The first-order valence-corrected chi connectivity index (χ1v) is 13.4. The van der Waals surface area contributed by atoms with E-state index in [-0.39, 0.29) is 11.1 Å². The Bertz CT molecular complexity index is 1240. The topological polar surface area (TPSA) is 151 Å². The smallest absolute Gasteiger partial charge is 0.346 e. The van der Waals surface area contributed by atoms with Gasteiger partial charge in [-0.05, 0) is 74.3 Å². The molecule has 224 valence electrons. The molecule has 0 saturated heterocycles. The molecule has 0 aliphatic heterocycles. The third kappa shape index (κ3) is 10.5. The number of aliphatic hydroxyl groups is 2. The van der Waals surface area contributed by atoms with Crippen molar-refractivity contribution in [3.63, 3.8) is 0 Å². The molecule has 0 bridgehead atoms. The predicted molar refractivity (Wildman–Crippen MR) is 155 cm³/mol. The Morgan fingerprint density at radius 2 is 1.19 bits per heavy atom. The fourth-order valence-corrected chi connectivity index (χ4v) is 4.25. The molecule has 0 aliphatic rings. The van der Waals surface area contributed by atoms with Gasteiger partial charge in [-0.3, -0.25) is 0 Å². The number of aliphatic hydroxyl groups excluding tert-OH is 2. The number of carbonyl (C=O) groups excluding carboxylic acids is 4. The number of nitrogens with zero attached hydrogens (tertiary/aromatic N) is 1. The minimum atomic E-state index is -2.40. The molecular weight excluding hydrogens is 542 g/mol. The lowest BCUT2D eigenvalue weighted by atomic mass is 9.85. The maximum Gasteiger partial charge on any atom is 0.346 e. The number of phenols is 1. The molecule has 10 heteroatoms. The van der Waals surface area contributed by atoms with Crippen molar-refractivity contribution >= 4 is 23.9 Å². The van der Waals surface area contributed by atoms with Crippen LogP contribution in [0.3, 0.4) is 0 Å². The van der Waals surface area contributed by atoms with Gasteiger partial charge in [-0.1, -0.05) is 62.4 Å². The van der Waals surface area contributed by atoms with Crippen LogP contribution in [0.25, 0.3) is 0 Å². The van der Waals surface area contributed by atoms with Crippen LogP contribution in [0.1, 0.15) is 52.5 Å². The van der Waals surface area contributed by atoms with Crippen LogP contribution >= 0.6 is 0 Å². The van der Waals surface area contributed by atoms with Crippen molar-refractivity contribution in [3.05, 3.63) is 102 Å². The van der Waals surface area contributed by atoms with Crippen molar-refractivity contribution in [1.82, 2.24) is 4.90 Å². The van der Waals surface area contributed by atoms with Gasteiger partial charge in [0.05, 0.1) is 11.1 Å². The van der Waals surface area contributed by atoms with Crippen molar-refractivity contribution in [2.75, 3.05) is 20.6 Å². The van der Waals surface area contributed by atoms with Gasteiger partial charge in [0.1, 0.15) is 5.75 Å². The average Bonchev–Trinajstić information content (AvgIpc) is 2.97. The van der Waals surface area contributed by atoms with Gasteiger partial charge in [-0.2, -0.15) is 0 Å². The average molecular weight is 580 g/mol. The molecule has 0 radical (unpaired) electrons. The number of rotatable bonds is 10. The first-order valence-electron chi connectivity index (χ1n) is 13.4. The molecule has 0 saturated carbocycles. The Labute approximate surface area is 245 Å². The monoisotopic (exact) mass is 579 g/mol. The lowest BCUT2D eigenvalue weighted by Crippen LogP contribution is -2.43. The predicted octanol–water partition coefficient (Wildman–Crippen LogP) is 3.56. The minimum absolute atomic E-state index is 0.0318. The summed E-state index contributed by atoms with van der Waals surface area (Å²) in [6, 6.07) is 22.5. The van der Waals surface area contributed by atoms with E-state index < -0.39 is 36.1 Å². The van der Waals surface area contributed by atoms with Crippen LogP contribution in [0.15, 0.2) is 84.9 Å². The second-order valence-corrected chi connectivity index (χ2v) is 9.89. The molecule has 0 spiro atoms. The van der Waals surface area contributed by atoms with E-state index in [1.165, 1.54) is 54.1 Å². The number of benzene rings is 3. The third-order valence-corrected chi connectivity index (χ3v) is 6.27. The fraction of sp³-hybridized carbons (Fsp3) is 0.312. The third-order valence-electron chi connectivity index (χ3n) is 6.27. The Morgan fingerprint density at radius 1 is 0.738 bits per heavy atom. The number of aromatic hydroxyl groups is 1. The maximum atomic E-state index is 11.7. The van der Waals surface area contributed by atoms with Gasteiger partial charge in [0.15, 0.2) is 12.2 Å². The first kappa shape index (κ1) is 33.8. The van der Waals surface area contributed by atoms with Crippen LogP contribution in [0.5, 0.6) is 5.75 Å². The molecule has 3 aromatic carbocycles. The van der Waals surface area contributed by atoms with E-state index >= 15 is 0 Å². The summed E-state index contributed by atoms with van der Waals surface area (Å²) in [7, 11) is 4.21. The number of esters is 4. The lowest BCUT2D eigenvalue weighted by molar-refractivity contribution is -0.166. The van der Waals surface area contributed by atoms with Crippen LogP contribution in [0.2, 0.25) is 0 Å². The highest BCUT2D eigenvalue weighted by Crippen LogP contribution is 2.30. The second kappa shape index (κ2) is 16.8. The fourth-order valence-electron chi connectivity index (χ4n) is 4.25. The normalized spacial score (nSPS) is 13.5. The molecule has 0 aliphatic carbocycles. The summed E-state index contributed by atoms with van der Waals surface area (Å²) >= 11 is 0. The lowest BCUT2D eigenvalue weighted by Gasteiger charge is -2.26. The summed E-state index contributed by atoms with van der Waals surface area (Å²) < 4.78 is 8.76. The molecular formula is C32H37NO9. The Hall–Kier alpha value is -4.38. The maximum absolute atomic E-state index is 11.7. The van der Waals surface area contributed by atoms with E-state index in [0.29, 0.717) is 17.6 Å². The van der Waals surface area contributed by atoms with Gasteiger partial charge in [-0.15, -0.1) is 0 Å². The molecule has 0 amide bonds. The van der Waals surface area contributed by atoms with Crippen LogP contribution in [-0.2, 0) is 19.1 Å². The number of hydrogen-bond acceptors (Lipinski definition) is 10. The van der Waals surface area contributed by atoms with Crippen molar-refractivity contribution in [1.29, 1.82) is 0 Å². The van der Waals surface area contributed by atoms with Crippen molar-refractivity contribution < 1.29 is 44.0 Å². The van der Waals surface area contributed by atoms with Crippen molar-refractivity contribution in [2.24, 2.45) is 5.92 Å². The highest BCUT2D eigenvalue weighted by molar-refractivity contribution is 6.01. The van der Waals surface area contributed by atoms with Gasteiger partial charge in [0, 0.05) is 6.54 Å². The van der Waals surface area contributed by atoms with Crippen LogP contribution in [0.4, 0.5) is 0 Å². The first-order chi connectivity index (χ1) is 19.9. The minimum Gasteiger partial charge on any atom is -0.508 e. The van der Waals surface area contributed by atoms with E-state index in [0.717, 1.165) is 13.0 Å². The number of ether oxygens (including phenoxy) is 2. The van der Waals surface area contributed by atoms with Crippen LogP contribution < -0.4 is 0 Å². The Balaban J connectivity index is 0.000000330. The zero-order valence-electron chi connectivity index (χ0n) is 24.0. The standard InChI is InChI=1S/C18H14O8.C14H23NO/c19-13(17(23)25-15(21)11-7-3-1-4-8-11)14(20)18(24)26-16(22)12-9-5-2-6-10-12;1-5-14(11(2)10-15(3)4)12-7-6-8-13(16)9-12/h1-10,13-14,19-20H;6-9,11,14,16H,5,10H2,1-4H3/t;11-,14+/m.0/s1. The molecule has 42 heavy (non-hydrogen) atoms. The van der Waals surface area contributed by atoms with E-state index in [1.54, 1.807) is 18.2 Å². The van der Waals surface area contributed by atoms with Gasteiger partial charge in [-0.25, -0.2) is 19.2 Å². The summed E-state index contributed by atoms with van der Waals surface area (Å²) in [5.41, 5.74) is 1.31. The van der Waals surface area contributed by atoms with Gasteiger partial charge >= 0.3 is 23.9 Å². The van der Waals surface area contributed by atoms with Gasteiger partial charge in [0.25, 0.3) is 0 Å². The molecule has 3 aromatic rings. The zero-order valence-corrected chi connectivity index (χ0v) is 24.0. The second-order valence-electron chi connectivity index (χ2n) is 9.89. The van der Waals surface area contributed by atoms with E-state index in [4.69, 9.17) is 0 Å². The number of phenolic OH excluding ortho intramolecular Hbond substituents is 1. The largest absolute Gasteiger partial charge is 0.508 e. The molecule has 2 unspecified atom stereocenters. The van der Waals surface area contributed by atoms with Crippen molar-refractivity contribution in [3.8, 4) is 5.75 Å². The van der Waals surface area contributed by atoms with Crippen LogP contribution in [-0.4, -0.2) is 76.9 Å². The summed E-state index contributed by atoms with van der Waals surface area (Å²) in [5.74, 6) is -3.78. The van der Waals surface area contributed by atoms with E-state index in [9.17, 15) is 34.5 Å². The van der Waals surface area contributed by atoms with Crippen LogP contribution in [0, 0.1) is 5.92 Å². The molecule has 3 rings (SSSR count). The Kier molecular flexibility index (Phi) is 13.5. The number of carbonyl (C=O) groups is 4. The molecule has 3 N–H and O–H groups in total. The zero-order chi connectivity index (χ0) is 31.2. The summed E-state index contributed by atoms with van der Waals surface area (Å²) in [4.78, 5) is 49.0. The highest BCUT2D eigenvalue weighted by Gasteiger charge is 2.35. The van der Waals surface area contributed by atoms with E-state index in [2.05, 4.69) is 48.4 Å². The molecule has 10 nitrogen and oxygen atoms in total. The van der Waals surface area contributed by atoms with Gasteiger partial charge in [0.2, 0.25) is 0 Å².